The number of hydrogen-bond donors (Lipinski definition) is 0. The van der Waals surface area contributed by atoms with Gasteiger partial charge in [-0.2, -0.15) is 13.2 Å². The molecule has 0 aliphatic heterocycles. The molecule has 0 bridgehead atoms. The van der Waals surface area contributed by atoms with Crippen LogP contribution in [0, 0.1) is 0 Å². The van der Waals surface area contributed by atoms with Gasteiger partial charge in [0.2, 0.25) is 5.88 Å². The molecule has 0 N–H and O–H groups in total. The number of carbonyl (C=O) groups is 2. The lowest BCUT2D eigenvalue weighted by atomic mass is 10.1. The Hall–Kier alpha value is -3.73. The Balaban J connectivity index is 1.98. The molecule has 38 heavy (non-hydrogen) atoms. The molecule has 7 nitrogen and oxygen atoms in total. The molecule has 0 aliphatic rings. The van der Waals surface area contributed by atoms with Crippen LogP contribution < -0.4 is 9.47 Å². The maximum Gasteiger partial charge on any atom is 0.472 e. The van der Waals surface area contributed by atoms with Gasteiger partial charge in [-0.3, -0.25) is 9.10 Å². The van der Waals surface area contributed by atoms with Crippen LogP contribution in [0.3, 0.4) is 0 Å². The number of halogens is 3. The summed E-state index contributed by atoms with van der Waals surface area (Å²) < 4.78 is 57.1. The molecule has 0 spiro atoms. The molecule has 2 aromatic carbocycles. The number of rotatable bonds is 11. The Kier molecular flexibility index (Phi) is 10.0. The predicted molar refractivity (Wildman–Crippen MR) is 136 cm³/mol. The lowest BCUT2D eigenvalue weighted by molar-refractivity contribution is -0.183. The van der Waals surface area contributed by atoms with E-state index in [1.165, 1.54) is 20.3 Å². The number of benzene rings is 2. The van der Waals surface area contributed by atoms with E-state index in [2.05, 4.69) is 4.98 Å². The van der Waals surface area contributed by atoms with Crippen LogP contribution in [0.4, 0.5) is 13.2 Å². The Morgan fingerprint density at radius 2 is 1.74 bits per heavy atom. The number of ether oxygens (including phenoxy) is 3. The first kappa shape index (κ1) is 28.8. The Bertz CT molecular complexity index is 1220. The Morgan fingerprint density at radius 3 is 2.32 bits per heavy atom. The van der Waals surface area contributed by atoms with Crippen molar-refractivity contribution in [2.45, 2.75) is 36.9 Å². The van der Waals surface area contributed by atoms with Gasteiger partial charge in [0.05, 0.1) is 20.8 Å². The SMILES string of the molecule is CCOC(=O)[C@H](Cc1ccccc1)N(Sc1ccc(OC)c(Cc2ccc(OC)nc2)c1)C(=O)C(F)(F)F. The number of nitrogens with zero attached hydrogens (tertiary/aromatic N) is 2. The van der Waals surface area contributed by atoms with E-state index in [0.29, 0.717) is 50.3 Å². The average molecular weight is 549 g/mol. The minimum absolute atomic E-state index is 0.0502. The van der Waals surface area contributed by atoms with E-state index in [4.69, 9.17) is 14.2 Å². The maximum absolute atomic E-state index is 13.7. The van der Waals surface area contributed by atoms with Gasteiger partial charge in [-0.05, 0) is 53.8 Å². The third-order valence-corrected chi connectivity index (χ3v) is 6.49. The number of amides is 1. The molecular formula is C27H27F3N2O5S. The molecule has 202 valence electrons. The van der Waals surface area contributed by atoms with E-state index < -0.39 is 24.1 Å². The number of carbonyl (C=O) groups excluding carboxylic acids is 2. The highest BCUT2D eigenvalue weighted by atomic mass is 32.2. The van der Waals surface area contributed by atoms with E-state index in [0.717, 1.165) is 5.56 Å². The number of methoxy groups -OCH3 is 2. The summed E-state index contributed by atoms with van der Waals surface area (Å²) >= 11 is 0.527. The van der Waals surface area contributed by atoms with Crippen LogP contribution in [-0.4, -0.2) is 54.2 Å². The third kappa shape index (κ3) is 7.64. The predicted octanol–water partition coefficient (Wildman–Crippen LogP) is 5.26. The summed E-state index contributed by atoms with van der Waals surface area (Å²) in [5, 5.41) is 0. The second-order valence-corrected chi connectivity index (χ2v) is 9.08. The fraction of sp³-hybridized carbons (Fsp3) is 0.296. The molecule has 0 radical (unpaired) electrons. The van der Waals surface area contributed by atoms with Crippen LogP contribution in [0.15, 0.2) is 71.8 Å². The molecule has 1 atom stereocenters. The molecule has 1 amide bonds. The fourth-order valence-corrected chi connectivity index (χ4v) is 4.65. The zero-order valence-corrected chi connectivity index (χ0v) is 21.8. The molecule has 3 aromatic rings. The van der Waals surface area contributed by atoms with Crippen LogP contribution in [0.2, 0.25) is 0 Å². The largest absolute Gasteiger partial charge is 0.496 e. The van der Waals surface area contributed by atoms with Crippen LogP contribution in [0.5, 0.6) is 11.6 Å². The summed E-state index contributed by atoms with van der Waals surface area (Å²) in [7, 11) is 2.98. The molecular weight excluding hydrogens is 521 g/mol. The van der Waals surface area contributed by atoms with Crippen molar-refractivity contribution in [2.24, 2.45) is 0 Å². The summed E-state index contributed by atoms with van der Waals surface area (Å²) in [5.74, 6) is -2.15. The number of aromatic nitrogens is 1. The van der Waals surface area contributed by atoms with E-state index in [1.807, 2.05) is 0 Å². The van der Waals surface area contributed by atoms with Crippen molar-refractivity contribution >= 4 is 23.8 Å². The van der Waals surface area contributed by atoms with Gasteiger partial charge in [0.15, 0.2) is 0 Å². The Morgan fingerprint density at radius 1 is 1.00 bits per heavy atom. The van der Waals surface area contributed by atoms with Crippen LogP contribution >= 0.6 is 11.9 Å². The first-order chi connectivity index (χ1) is 18.2. The fourth-order valence-electron chi connectivity index (χ4n) is 3.63. The topological polar surface area (TPSA) is 78.0 Å². The molecule has 0 fully saturated rings. The van der Waals surface area contributed by atoms with E-state index >= 15 is 0 Å². The monoisotopic (exact) mass is 548 g/mol. The van der Waals surface area contributed by atoms with E-state index in [9.17, 15) is 22.8 Å². The maximum atomic E-state index is 13.7. The van der Waals surface area contributed by atoms with Crippen molar-refractivity contribution in [2.75, 3.05) is 20.8 Å². The smallest absolute Gasteiger partial charge is 0.472 e. The standard InChI is InChI=1S/C27H27F3N2O5S/c1-4-37-25(33)22(15-18-8-6-5-7-9-18)32(26(34)27(28,29)30)38-21-11-12-23(35-2)20(16-21)14-19-10-13-24(36-3)31-17-19/h5-13,16-17,22H,4,14-15H2,1-3H3/t22-/m0/s1. The van der Waals surface area contributed by atoms with Gasteiger partial charge in [-0.1, -0.05) is 36.4 Å². The van der Waals surface area contributed by atoms with Crippen molar-refractivity contribution in [1.82, 2.24) is 9.29 Å². The van der Waals surface area contributed by atoms with Gasteiger partial charge in [0, 0.05) is 30.0 Å². The van der Waals surface area contributed by atoms with Gasteiger partial charge in [-0.15, -0.1) is 0 Å². The summed E-state index contributed by atoms with van der Waals surface area (Å²) in [6.07, 6.45) is -3.39. The molecule has 0 unspecified atom stereocenters. The van der Waals surface area contributed by atoms with Gasteiger partial charge < -0.3 is 14.2 Å². The summed E-state index contributed by atoms with van der Waals surface area (Å²) in [4.78, 5) is 29.9. The van der Waals surface area contributed by atoms with E-state index in [-0.39, 0.29) is 13.0 Å². The second-order valence-electron chi connectivity index (χ2n) is 8.04. The molecule has 1 aromatic heterocycles. The zero-order valence-electron chi connectivity index (χ0n) is 21.0. The van der Waals surface area contributed by atoms with Crippen molar-refractivity contribution in [3.8, 4) is 11.6 Å². The lowest BCUT2D eigenvalue weighted by Crippen LogP contribution is -2.48. The summed E-state index contributed by atoms with van der Waals surface area (Å²) in [6.45, 7) is 1.50. The molecule has 3 rings (SSSR count). The normalized spacial score (nSPS) is 11.9. The first-order valence-electron chi connectivity index (χ1n) is 11.6. The highest BCUT2D eigenvalue weighted by Gasteiger charge is 2.47. The van der Waals surface area contributed by atoms with Crippen molar-refractivity contribution in [1.29, 1.82) is 0 Å². The third-order valence-electron chi connectivity index (χ3n) is 5.41. The van der Waals surface area contributed by atoms with Crippen LogP contribution in [-0.2, 0) is 27.2 Å². The highest BCUT2D eigenvalue weighted by Crippen LogP contribution is 2.35. The molecule has 0 saturated heterocycles. The first-order valence-corrected chi connectivity index (χ1v) is 12.4. The van der Waals surface area contributed by atoms with Crippen molar-refractivity contribution in [3.05, 3.63) is 83.6 Å². The molecule has 11 heteroatoms. The number of esters is 1. The van der Waals surface area contributed by atoms with E-state index in [1.54, 1.807) is 67.7 Å². The summed E-state index contributed by atoms with van der Waals surface area (Å²) in [6, 6.07) is 15.2. The highest BCUT2D eigenvalue weighted by molar-refractivity contribution is 7.97. The number of alkyl halides is 3. The van der Waals surface area contributed by atoms with Crippen LogP contribution in [0.25, 0.3) is 0 Å². The van der Waals surface area contributed by atoms with Gasteiger partial charge in [-0.25, -0.2) is 9.78 Å². The number of pyridine rings is 1. The molecule has 0 saturated carbocycles. The van der Waals surface area contributed by atoms with Gasteiger partial charge in [0.1, 0.15) is 11.8 Å². The van der Waals surface area contributed by atoms with Gasteiger partial charge >= 0.3 is 18.1 Å². The Labute approximate surface area is 223 Å². The minimum atomic E-state index is -5.21. The molecule has 1 heterocycles. The van der Waals surface area contributed by atoms with Crippen LogP contribution in [0.1, 0.15) is 23.6 Å². The number of hydrogen-bond acceptors (Lipinski definition) is 7. The quantitative estimate of drug-likeness (QED) is 0.239. The summed E-state index contributed by atoms with van der Waals surface area (Å²) in [5.41, 5.74) is 2.04. The second kappa shape index (κ2) is 13.2. The average Bonchev–Trinajstić information content (AvgIpc) is 2.91. The minimum Gasteiger partial charge on any atom is -0.496 e. The zero-order chi connectivity index (χ0) is 27.7. The lowest BCUT2D eigenvalue weighted by Gasteiger charge is -2.30. The van der Waals surface area contributed by atoms with Crippen molar-refractivity contribution in [3.63, 3.8) is 0 Å². The van der Waals surface area contributed by atoms with Crippen molar-refractivity contribution < 1.29 is 37.0 Å². The molecule has 0 aliphatic carbocycles. The van der Waals surface area contributed by atoms with Gasteiger partial charge in [0.25, 0.3) is 0 Å².